The van der Waals surface area contributed by atoms with Crippen LogP contribution in [0, 0.1) is 0 Å². The van der Waals surface area contributed by atoms with Crippen molar-refractivity contribution in [1.29, 1.82) is 0 Å². The predicted molar refractivity (Wildman–Crippen MR) is 91.1 cm³/mol. The molecule has 0 aliphatic carbocycles. The van der Waals surface area contributed by atoms with E-state index in [2.05, 4.69) is 17.7 Å². The van der Waals surface area contributed by atoms with Crippen LogP contribution in [0.3, 0.4) is 0 Å². The van der Waals surface area contributed by atoms with Crippen molar-refractivity contribution in [3.63, 3.8) is 0 Å². The first-order valence-corrected chi connectivity index (χ1v) is 8.39. The Morgan fingerprint density at radius 2 is 2.13 bits per heavy atom. The van der Waals surface area contributed by atoms with Gasteiger partial charge in [-0.05, 0) is 70.4 Å². The Labute approximate surface area is 139 Å². The fourth-order valence-corrected chi connectivity index (χ4v) is 2.58. The van der Waals surface area contributed by atoms with E-state index in [1.807, 2.05) is 13.0 Å². The Hall–Kier alpha value is -1.55. The van der Waals surface area contributed by atoms with Gasteiger partial charge in [0.15, 0.2) is 0 Å². The number of methoxy groups -OCH3 is 1. The first kappa shape index (κ1) is 19.5. The predicted octanol–water partition coefficient (Wildman–Crippen LogP) is 4.42. The van der Waals surface area contributed by atoms with E-state index in [0.29, 0.717) is 6.42 Å². The van der Waals surface area contributed by atoms with Gasteiger partial charge >= 0.3 is 5.97 Å². The summed E-state index contributed by atoms with van der Waals surface area (Å²) in [6, 6.07) is 1.97. The molecule has 0 spiro atoms. The van der Waals surface area contributed by atoms with Crippen molar-refractivity contribution in [3.8, 4) is 0 Å². The van der Waals surface area contributed by atoms with Crippen molar-refractivity contribution in [2.75, 3.05) is 7.11 Å². The minimum absolute atomic E-state index is 0.154. The van der Waals surface area contributed by atoms with E-state index >= 15 is 0 Å². The van der Waals surface area contributed by atoms with E-state index < -0.39 is 5.60 Å². The summed E-state index contributed by atoms with van der Waals surface area (Å²) >= 11 is 0. The van der Waals surface area contributed by atoms with Crippen molar-refractivity contribution >= 4 is 5.97 Å². The highest BCUT2D eigenvalue weighted by Gasteiger charge is 2.18. The molecule has 1 aromatic rings. The second-order valence-electron chi connectivity index (χ2n) is 6.50. The number of furan rings is 1. The summed E-state index contributed by atoms with van der Waals surface area (Å²) in [5, 5.41) is 10.4. The van der Waals surface area contributed by atoms with E-state index in [1.165, 1.54) is 18.2 Å². The van der Waals surface area contributed by atoms with Crippen LogP contribution < -0.4 is 0 Å². The number of aliphatic hydroxyl groups is 1. The molecule has 1 heterocycles. The number of esters is 1. The van der Waals surface area contributed by atoms with Crippen LogP contribution in [0.2, 0.25) is 0 Å². The molecule has 1 N–H and O–H groups in total. The van der Waals surface area contributed by atoms with E-state index in [0.717, 1.165) is 44.9 Å². The summed E-state index contributed by atoms with van der Waals surface area (Å²) in [5.74, 6) is -0.154. The Balaban J connectivity index is 2.18. The average Bonchev–Trinajstić information content (AvgIpc) is 3.00. The Morgan fingerprint density at radius 1 is 1.35 bits per heavy atom. The lowest BCUT2D eigenvalue weighted by atomic mass is 9.92. The maximum absolute atomic E-state index is 11.0. The van der Waals surface area contributed by atoms with Crippen molar-refractivity contribution < 1.29 is 19.1 Å². The van der Waals surface area contributed by atoms with E-state index in [9.17, 15) is 9.90 Å². The summed E-state index contributed by atoms with van der Waals surface area (Å²) < 4.78 is 9.67. The number of allylic oxidation sites excluding steroid dienone is 2. The standard InChI is InChI=1S/C19H30O4/c1-16(7-4-10-18(20)22-3)8-5-12-19(2,21)13-6-9-17-11-14-23-15-17/h8,11,14-15,21H,4-7,9-10,12-13H2,1-3H3/b16-8+. The zero-order valence-electron chi connectivity index (χ0n) is 14.6. The monoisotopic (exact) mass is 322 g/mol. The van der Waals surface area contributed by atoms with Crippen LogP contribution in [0.25, 0.3) is 0 Å². The van der Waals surface area contributed by atoms with Gasteiger partial charge in [-0.15, -0.1) is 0 Å². The zero-order valence-corrected chi connectivity index (χ0v) is 14.6. The van der Waals surface area contributed by atoms with Crippen LogP contribution >= 0.6 is 0 Å². The van der Waals surface area contributed by atoms with Gasteiger partial charge < -0.3 is 14.3 Å². The zero-order chi connectivity index (χ0) is 17.1. The van der Waals surface area contributed by atoms with Crippen molar-refractivity contribution in [2.24, 2.45) is 0 Å². The van der Waals surface area contributed by atoms with Gasteiger partial charge in [0, 0.05) is 6.42 Å². The van der Waals surface area contributed by atoms with Gasteiger partial charge in [-0.2, -0.15) is 0 Å². The van der Waals surface area contributed by atoms with Gasteiger partial charge in [0.2, 0.25) is 0 Å². The SMILES string of the molecule is COC(=O)CCC/C(C)=C/CCC(C)(O)CCCc1ccoc1. The number of carbonyl (C=O) groups is 1. The molecule has 0 aliphatic heterocycles. The van der Waals surface area contributed by atoms with E-state index in [4.69, 9.17) is 4.42 Å². The third kappa shape index (κ3) is 9.24. The molecule has 0 aliphatic rings. The lowest BCUT2D eigenvalue weighted by Crippen LogP contribution is -2.23. The number of hydrogen-bond acceptors (Lipinski definition) is 4. The lowest BCUT2D eigenvalue weighted by Gasteiger charge is -2.22. The lowest BCUT2D eigenvalue weighted by molar-refractivity contribution is -0.140. The molecule has 1 rings (SSSR count). The van der Waals surface area contributed by atoms with Crippen LogP contribution in [0.4, 0.5) is 0 Å². The molecule has 0 fully saturated rings. The van der Waals surface area contributed by atoms with Gasteiger partial charge in [-0.3, -0.25) is 4.79 Å². The number of ether oxygens (including phenoxy) is 1. The first-order valence-electron chi connectivity index (χ1n) is 8.39. The molecule has 4 nitrogen and oxygen atoms in total. The van der Waals surface area contributed by atoms with Crippen LogP contribution in [-0.4, -0.2) is 23.8 Å². The molecule has 0 aromatic carbocycles. The molecule has 0 saturated heterocycles. The largest absolute Gasteiger partial charge is 0.472 e. The molecule has 0 radical (unpaired) electrons. The fourth-order valence-electron chi connectivity index (χ4n) is 2.58. The van der Waals surface area contributed by atoms with Crippen LogP contribution in [0.1, 0.15) is 64.4 Å². The second-order valence-corrected chi connectivity index (χ2v) is 6.50. The van der Waals surface area contributed by atoms with Crippen LogP contribution in [0.5, 0.6) is 0 Å². The highest BCUT2D eigenvalue weighted by atomic mass is 16.5. The van der Waals surface area contributed by atoms with Crippen LogP contribution in [0.15, 0.2) is 34.7 Å². The number of hydrogen-bond donors (Lipinski definition) is 1. The summed E-state index contributed by atoms with van der Waals surface area (Å²) in [4.78, 5) is 11.0. The molecule has 130 valence electrons. The molecule has 23 heavy (non-hydrogen) atoms. The molecule has 4 heteroatoms. The number of rotatable bonds is 11. The first-order chi connectivity index (χ1) is 10.9. The maximum Gasteiger partial charge on any atom is 0.305 e. The van der Waals surface area contributed by atoms with Crippen molar-refractivity contribution in [3.05, 3.63) is 35.8 Å². The summed E-state index contributed by atoms with van der Waals surface area (Å²) in [5.41, 5.74) is 1.82. The van der Waals surface area contributed by atoms with Crippen molar-refractivity contribution in [1.82, 2.24) is 0 Å². The summed E-state index contributed by atoms with van der Waals surface area (Å²) in [7, 11) is 1.42. The minimum atomic E-state index is -0.632. The Kier molecular flexibility index (Phi) is 8.70. The van der Waals surface area contributed by atoms with Gasteiger partial charge in [-0.1, -0.05) is 11.6 Å². The third-order valence-corrected chi connectivity index (χ3v) is 4.12. The van der Waals surface area contributed by atoms with Gasteiger partial charge in [-0.25, -0.2) is 0 Å². The topological polar surface area (TPSA) is 59.7 Å². The second kappa shape index (κ2) is 10.3. The quantitative estimate of drug-likeness (QED) is 0.484. The van der Waals surface area contributed by atoms with E-state index in [-0.39, 0.29) is 5.97 Å². The summed E-state index contributed by atoms with van der Waals surface area (Å²) in [6.07, 6.45) is 12.1. The molecule has 1 aromatic heterocycles. The molecular formula is C19H30O4. The molecule has 1 atom stereocenters. The number of aryl methyl sites for hydroxylation is 1. The maximum atomic E-state index is 11.0. The third-order valence-electron chi connectivity index (χ3n) is 4.12. The molecule has 0 saturated carbocycles. The molecule has 1 unspecified atom stereocenters. The molecule has 0 bridgehead atoms. The van der Waals surface area contributed by atoms with Crippen molar-refractivity contribution in [2.45, 2.75) is 70.8 Å². The molecule has 0 amide bonds. The van der Waals surface area contributed by atoms with Gasteiger partial charge in [0.05, 0.1) is 25.2 Å². The highest BCUT2D eigenvalue weighted by molar-refractivity contribution is 5.69. The van der Waals surface area contributed by atoms with Gasteiger partial charge in [0.25, 0.3) is 0 Å². The average molecular weight is 322 g/mol. The van der Waals surface area contributed by atoms with Crippen LogP contribution in [-0.2, 0) is 16.0 Å². The summed E-state index contributed by atoms with van der Waals surface area (Å²) in [6.45, 7) is 3.98. The number of carbonyl (C=O) groups excluding carboxylic acids is 1. The van der Waals surface area contributed by atoms with E-state index in [1.54, 1.807) is 12.5 Å². The normalized spacial score (nSPS) is 14.5. The Morgan fingerprint density at radius 3 is 2.78 bits per heavy atom. The minimum Gasteiger partial charge on any atom is -0.472 e. The fraction of sp³-hybridized carbons (Fsp3) is 0.632. The van der Waals surface area contributed by atoms with Gasteiger partial charge in [0.1, 0.15) is 0 Å². The molecular weight excluding hydrogens is 292 g/mol. The smallest absolute Gasteiger partial charge is 0.305 e. The highest BCUT2D eigenvalue weighted by Crippen LogP contribution is 2.21. The Bertz CT molecular complexity index is 472.